The van der Waals surface area contributed by atoms with Crippen LogP contribution in [0.1, 0.15) is 73.1 Å². The number of esters is 2. The number of fused-ring (bicyclic) bond motifs is 3. The smallest absolute Gasteiger partial charge is 0.302 e. The average Bonchev–Trinajstić information content (AvgIpc) is 2.63. The molecule has 0 heterocycles. The summed E-state index contributed by atoms with van der Waals surface area (Å²) in [7, 11) is 0. The molecule has 5 heteroatoms. The van der Waals surface area contributed by atoms with Crippen molar-refractivity contribution in [2.75, 3.05) is 13.2 Å². The standard InChI is InChI=1S/C24H36O5/c1-16(26)28-14-19-18(13-25)7-8-21-23(5)11-6-10-22(3,4)20(23)9-12-24(19,21)15-29-17(2)27/h7,13,19-21H,6,8-12,14-15H2,1-5H3. The van der Waals surface area contributed by atoms with Gasteiger partial charge in [-0.1, -0.05) is 33.3 Å². The largest absolute Gasteiger partial charge is 0.465 e. The van der Waals surface area contributed by atoms with Crippen molar-refractivity contribution in [1.82, 2.24) is 0 Å². The molecule has 0 saturated heterocycles. The van der Waals surface area contributed by atoms with Crippen LogP contribution >= 0.6 is 0 Å². The van der Waals surface area contributed by atoms with Crippen LogP contribution in [0.25, 0.3) is 0 Å². The Morgan fingerprint density at radius 2 is 1.76 bits per heavy atom. The second-order valence-corrected chi connectivity index (χ2v) is 10.4. The normalized spacial score (nSPS) is 38.1. The fraction of sp³-hybridized carbons (Fsp3) is 0.792. The Balaban J connectivity index is 2.07. The van der Waals surface area contributed by atoms with Gasteiger partial charge in [0, 0.05) is 25.2 Å². The fourth-order valence-electron chi connectivity index (χ4n) is 7.30. The number of ether oxygens (including phenoxy) is 2. The third-order valence-corrected chi connectivity index (χ3v) is 8.48. The van der Waals surface area contributed by atoms with Gasteiger partial charge in [-0.05, 0) is 60.3 Å². The van der Waals surface area contributed by atoms with Crippen LogP contribution in [0.15, 0.2) is 11.6 Å². The molecule has 0 radical (unpaired) electrons. The molecule has 0 N–H and O–H groups in total. The van der Waals surface area contributed by atoms with E-state index in [-0.39, 0.29) is 53.2 Å². The summed E-state index contributed by atoms with van der Waals surface area (Å²) in [6.45, 7) is 10.5. The molecular formula is C24H36O5. The molecular weight excluding hydrogens is 368 g/mol. The first-order valence-corrected chi connectivity index (χ1v) is 11.0. The summed E-state index contributed by atoms with van der Waals surface area (Å²) in [5.41, 5.74) is 0.706. The monoisotopic (exact) mass is 404 g/mol. The first kappa shape index (κ1) is 22.0. The first-order valence-electron chi connectivity index (χ1n) is 11.0. The number of hydrogen-bond acceptors (Lipinski definition) is 5. The number of allylic oxidation sites excluding steroid dienone is 1. The van der Waals surface area contributed by atoms with Gasteiger partial charge in [-0.2, -0.15) is 0 Å². The van der Waals surface area contributed by atoms with Crippen LogP contribution in [0.4, 0.5) is 0 Å². The van der Waals surface area contributed by atoms with Crippen LogP contribution in [0.5, 0.6) is 0 Å². The van der Waals surface area contributed by atoms with Gasteiger partial charge in [0.15, 0.2) is 0 Å². The van der Waals surface area contributed by atoms with Gasteiger partial charge >= 0.3 is 11.9 Å². The van der Waals surface area contributed by atoms with E-state index in [1.807, 2.05) is 6.08 Å². The predicted molar refractivity (Wildman–Crippen MR) is 110 cm³/mol. The lowest BCUT2D eigenvalue weighted by molar-refractivity contribution is -0.187. The maximum Gasteiger partial charge on any atom is 0.302 e. The highest BCUT2D eigenvalue weighted by Crippen LogP contribution is 2.68. The third kappa shape index (κ3) is 3.77. The summed E-state index contributed by atoms with van der Waals surface area (Å²) in [6, 6.07) is 0. The van der Waals surface area contributed by atoms with E-state index in [1.54, 1.807) is 0 Å². The Labute approximate surface area is 174 Å². The molecule has 5 atom stereocenters. The number of carbonyl (C=O) groups is 3. The highest BCUT2D eigenvalue weighted by Gasteiger charge is 2.63. The zero-order valence-electron chi connectivity index (χ0n) is 18.6. The minimum absolute atomic E-state index is 0.111. The molecule has 0 amide bonds. The van der Waals surface area contributed by atoms with Gasteiger partial charge in [-0.15, -0.1) is 0 Å². The third-order valence-electron chi connectivity index (χ3n) is 8.48. The Kier molecular flexibility index (Phi) is 5.99. The molecule has 5 unspecified atom stereocenters. The van der Waals surface area contributed by atoms with Gasteiger partial charge in [0.05, 0.1) is 13.2 Å². The van der Waals surface area contributed by atoms with E-state index < -0.39 is 0 Å². The summed E-state index contributed by atoms with van der Waals surface area (Å²) in [5.74, 6) is 0.00281. The molecule has 2 saturated carbocycles. The molecule has 0 aromatic rings. The minimum atomic E-state index is -0.370. The topological polar surface area (TPSA) is 69.7 Å². The lowest BCUT2D eigenvalue weighted by Gasteiger charge is -2.65. The summed E-state index contributed by atoms with van der Waals surface area (Å²) < 4.78 is 11.1. The van der Waals surface area contributed by atoms with Crippen molar-refractivity contribution in [2.24, 2.45) is 34.0 Å². The van der Waals surface area contributed by atoms with Crippen LogP contribution in [-0.4, -0.2) is 31.4 Å². The summed E-state index contributed by atoms with van der Waals surface area (Å²) >= 11 is 0. The Morgan fingerprint density at radius 3 is 2.38 bits per heavy atom. The zero-order chi connectivity index (χ0) is 21.4. The maximum atomic E-state index is 11.9. The highest BCUT2D eigenvalue weighted by molar-refractivity contribution is 5.75. The Hall–Kier alpha value is -1.65. The van der Waals surface area contributed by atoms with E-state index in [1.165, 1.54) is 26.7 Å². The summed E-state index contributed by atoms with van der Waals surface area (Å²) in [6.07, 6.45) is 9.28. The molecule has 3 aliphatic carbocycles. The lowest BCUT2D eigenvalue weighted by Crippen LogP contribution is -2.61. The summed E-state index contributed by atoms with van der Waals surface area (Å²) in [4.78, 5) is 35.2. The van der Waals surface area contributed by atoms with Crippen molar-refractivity contribution in [2.45, 2.75) is 73.1 Å². The summed E-state index contributed by atoms with van der Waals surface area (Å²) in [5, 5.41) is 0. The van der Waals surface area contributed by atoms with Crippen LogP contribution in [0, 0.1) is 34.0 Å². The van der Waals surface area contributed by atoms with Crippen LogP contribution in [0.2, 0.25) is 0 Å². The number of aldehydes is 1. The van der Waals surface area contributed by atoms with Crippen LogP contribution < -0.4 is 0 Å². The number of carbonyl (C=O) groups excluding carboxylic acids is 3. The Bertz CT molecular complexity index is 708. The van der Waals surface area contributed by atoms with Crippen molar-refractivity contribution < 1.29 is 23.9 Å². The van der Waals surface area contributed by atoms with E-state index >= 15 is 0 Å². The molecule has 162 valence electrons. The average molecular weight is 405 g/mol. The van der Waals surface area contributed by atoms with Crippen molar-refractivity contribution in [3.05, 3.63) is 11.6 Å². The molecule has 2 fully saturated rings. The molecule has 0 aromatic heterocycles. The molecule has 5 nitrogen and oxygen atoms in total. The van der Waals surface area contributed by atoms with E-state index in [0.717, 1.165) is 32.0 Å². The molecule has 3 aliphatic rings. The molecule has 0 spiro atoms. The van der Waals surface area contributed by atoms with E-state index in [2.05, 4.69) is 20.8 Å². The SMILES string of the molecule is CC(=O)OCC1C(C=O)=CCC2C3(C)CCCC(C)(C)C3CCC12COC(C)=O. The highest BCUT2D eigenvalue weighted by atomic mass is 16.5. The molecule has 0 bridgehead atoms. The van der Waals surface area contributed by atoms with Crippen LogP contribution in [-0.2, 0) is 23.9 Å². The van der Waals surface area contributed by atoms with E-state index in [9.17, 15) is 14.4 Å². The molecule has 3 rings (SSSR count). The van der Waals surface area contributed by atoms with Gasteiger partial charge < -0.3 is 9.47 Å². The minimum Gasteiger partial charge on any atom is -0.465 e. The van der Waals surface area contributed by atoms with Gasteiger partial charge in [0.2, 0.25) is 0 Å². The van der Waals surface area contributed by atoms with Gasteiger partial charge in [-0.25, -0.2) is 0 Å². The Morgan fingerprint density at radius 1 is 1.07 bits per heavy atom. The van der Waals surface area contributed by atoms with Gasteiger partial charge in [0.1, 0.15) is 6.29 Å². The number of rotatable bonds is 5. The molecule has 0 aromatic carbocycles. The first-order chi connectivity index (χ1) is 13.6. The zero-order valence-corrected chi connectivity index (χ0v) is 18.6. The maximum absolute atomic E-state index is 11.9. The molecule has 0 aliphatic heterocycles. The second-order valence-electron chi connectivity index (χ2n) is 10.4. The number of hydrogen-bond donors (Lipinski definition) is 0. The van der Waals surface area contributed by atoms with Gasteiger partial charge in [-0.3, -0.25) is 14.4 Å². The lowest BCUT2D eigenvalue weighted by atomic mass is 9.39. The fourth-order valence-corrected chi connectivity index (χ4v) is 7.30. The second kappa shape index (κ2) is 7.88. The van der Waals surface area contributed by atoms with E-state index in [4.69, 9.17) is 9.47 Å². The van der Waals surface area contributed by atoms with Crippen LogP contribution in [0.3, 0.4) is 0 Å². The predicted octanol–water partition coefficient (Wildman–Crippen LogP) is 4.49. The van der Waals surface area contributed by atoms with E-state index in [0.29, 0.717) is 11.5 Å². The van der Waals surface area contributed by atoms with Gasteiger partial charge in [0.25, 0.3) is 0 Å². The van der Waals surface area contributed by atoms with Crippen molar-refractivity contribution in [1.29, 1.82) is 0 Å². The van der Waals surface area contributed by atoms with Crippen molar-refractivity contribution in [3.8, 4) is 0 Å². The quantitative estimate of drug-likeness (QED) is 0.499. The van der Waals surface area contributed by atoms with Crippen molar-refractivity contribution >= 4 is 18.2 Å². The molecule has 29 heavy (non-hydrogen) atoms. The van der Waals surface area contributed by atoms with Crippen molar-refractivity contribution in [3.63, 3.8) is 0 Å².